The molecule has 0 aliphatic heterocycles. The van der Waals surface area contributed by atoms with E-state index in [9.17, 15) is 19.4 Å². The molecule has 3 atom stereocenters. The number of likely N-dealkylation sites (N-methyl/N-ethyl adjacent to an activating group) is 1. The standard InChI is InChI=1S/C36H73N2O6P/c1-6-8-10-12-14-15-16-17-18-19-20-21-22-24-26-28-30-36(40)37-34(35(39)29-27-25-23-13-11-9-7-2)33-44-45(41,42)43-32-31-38(3,4)5/h18-19,34-35,39H,6-17,20-33H2,1-5H3,(H-,37,40,41,42)/p+1/b19-18-. The maximum atomic E-state index is 12.7. The fourth-order valence-corrected chi connectivity index (χ4v) is 5.95. The minimum absolute atomic E-state index is 0.0738. The maximum absolute atomic E-state index is 12.7. The molecule has 3 unspecified atom stereocenters. The second-order valence-corrected chi connectivity index (χ2v) is 15.4. The summed E-state index contributed by atoms with van der Waals surface area (Å²) in [7, 11) is 1.61. The first-order valence-corrected chi connectivity index (χ1v) is 20.0. The van der Waals surface area contributed by atoms with E-state index in [1.54, 1.807) is 0 Å². The Morgan fingerprint density at radius 2 is 1.20 bits per heavy atom. The van der Waals surface area contributed by atoms with Gasteiger partial charge in [0, 0.05) is 6.42 Å². The minimum atomic E-state index is -4.29. The average Bonchev–Trinajstić information content (AvgIpc) is 2.97. The Morgan fingerprint density at radius 1 is 0.733 bits per heavy atom. The van der Waals surface area contributed by atoms with Gasteiger partial charge in [-0.2, -0.15) is 0 Å². The molecule has 0 bridgehead atoms. The third-order valence-electron chi connectivity index (χ3n) is 8.26. The van der Waals surface area contributed by atoms with E-state index < -0.39 is 20.0 Å². The van der Waals surface area contributed by atoms with Crippen molar-refractivity contribution in [2.45, 2.75) is 174 Å². The van der Waals surface area contributed by atoms with E-state index in [1.165, 1.54) is 83.5 Å². The minimum Gasteiger partial charge on any atom is -0.391 e. The van der Waals surface area contributed by atoms with Crippen LogP contribution in [0.25, 0.3) is 0 Å². The number of carbonyl (C=O) groups excluding carboxylic acids is 1. The maximum Gasteiger partial charge on any atom is 0.472 e. The van der Waals surface area contributed by atoms with Gasteiger partial charge in [-0.25, -0.2) is 4.57 Å². The summed E-state index contributed by atoms with van der Waals surface area (Å²) in [5.41, 5.74) is 0. The number of hydrogen-bond donors (Lipinski definition) is 3. The van der Waals surface area contributed by atoms with Crippen molar-refractivity contribution in [1.29, 1.82) is 0 Å². The molecule has 0 radical (unpaired) electrons. The third kappa shape index (κ3) is 31.6. The molecule has 8 nitrogen and oxygen atoms in total. The number of aliphatic hydroxyl groups excluding tert-OH is 1. The van der Waals surface area contributed by atoms with Crippen LogP contribution in [-0.4, -0.2) is 73.4 Å². The van der Waals surface area contributed by atoms with Gasteiger partial charge in [-0.05, 0) is 38.5 Å². The zero-order chi connectivity index (χ0) is 33.7. The molecule has 9 heteroatoms. The van der Waals surface area contributed by atoms with E-state index in [2.05, 4.69) is 31.3 Å². The molecule has 0 aliphatic rings. The Kier molecular flexibility index (Phi) is 28.9. The van der Waals surface area contributed by atoms with Gasteiger partial charge in [-0.1, -0.05) is 129 Å². The van der Waals surface area contributed by atoms with Crippen molar-refractivity contribution < 1.29 is 32.9 Å². The Hall–Kier alpha value is -0.760. The monoisotopic (exact) mass is 662 g/mol. The number of amides is 1. The number of nitrogens with zero attached hydrogens (tertiary/aromatic N) is 1. The summed E-state index contributed by atoms with van der Waals surface area (Å²) in [6.07, 6.45) is 29.6. The predicted octanol–water partition coefficient (Wildman–Crippen LogP) is 9.24. The Balaban J connectivity index is 4.37. The van der Waals surface area contributed by atoms with Crippen LogP contribution in [0.1, 0.15) is 162 Å². The number of phosphoric acid groups is 1. The third-order valence-corrected chi connectivity index (χ3v) is 9.25. The number of quaternary nitrogens is 1. The first-order valence-electron chi connectivity index (χ1n) is 18.6. The summed E-state index contributed by atoms with van der Waals surface area (Å²) in [6, 6.07) is -0.757. The molecule has 0 heterocycles. The van der Waals surface area contributed by atoms with E-state index in [-0.39, 0.29) is 19.1 Å². The number of carbonyl (C=O) groups is 1. The Morgan fingerprint density at radius 3 is 1.71 bits per heavy atom. The lowest BCUT2D eigenvalue weighted by atomic mass is 10.0. The number of rotatable bonds is 33. The molecule has 0 rings (SSSR count). The zero-order valence-electron chi connectivity index (χ0n) is 30.1. The molecule has 0 aromatic rings. The van der Waals surface area contributed by atoms with Gasteiger partial charge in [0.25, 0.3) is 0 Å². The van der Waals surface area contributed by atoms with Crippen LogP contribution in [-0.2, 0) is 18.4 Å². The summed E-state index contributed by atoms with van der Waals surface area (Å²) < 4.78 is 23.4. The lowest BCUT2D eigenvalue weighted by Crippen LogP contribution is -2.46. The SMILES string of the molecule is CCCCCCCCC/C=C\CCCCCCCC(=O)NC(COP(=O)(O)OCC[N+](C)(C)C)C(O)CCCCCCCCC. The largest absolute Gasteiger partial charge is 0.472 e. The fourth-order valence-electron chi connectivity index (χ4n) is 5.21. The van der Waals surface area contributed by atoms with Crippen molar-refractivity contribution in [3.63, 3.8) is 0 Å². The topological polar surface area (TPSA) is 105 Å². The van der Waals surface area contributed by atoms with Gasteiger partial charge >= 0.3 is 7.82 Å². The molecule has 0 spiro atoms. The Bertz CT molecular complexity index is 758. The number of nitrogens with one attached hydrogen (secondary N) is 1. The van der Waals surface area contributed by atoms with Crippen molar-refractivity contribution in [1.82, 2.24) is 5.32 Å². The smallest absolute Gasteiger partial charge is 0.391 e. The van der Waals surface area contributed by atoms with Crippen molar-refractivity contribution >= 4 is 13.7 Å². The van der Waals surface area contributed by atoms with Gasteiger partial charge < -0.3 is 19.8 Å². The van der Waals surface area contributed by atoms with Crippen molar-refractivity contribution in [2.75, 3.05) is 40.9 Å². The van der Waals surface area contributed by atoms with E-state index >= 15 is 0 Å². The summed E-state index contributed by atoms with van der Waals surface area (Å²) in [4.78, 5) is 22.9. The molecule has 3 N–H and O–H groups in total. The van der Waals surface area contributed by atoms with Gasteiger partial charge in [0.1, 0.15) is 13.2 Å². The molecular weight excluding hydrogens is 587 g/mol. The van der Waals surface area contributed by atoms with Crippen molar-refractivity contribution in [2.24, 2.45) is 0 Å². The molecule has 0 aromatic carbocycles. The van der Waals surface area contributed by atoms with Crippen molar-refractivity contribution in [3.8, 4) is 0 Å². The van der Waals surface area contributed by atoms with Gasteiger partial charge in [0.05, 0.1) is 39.9 Å². The molecule has 0 aliphatic carbocycles. The van der Waals surface area contributed by atoms with Gasteiger partial charge in [0.15, 0.2) is 0 Å². The van der Waals surface area contributed by atoms with Crippen LogP contribution in [0.4, 0.5) is 0 Å². The molecule has 0 fully saturated rings. The van der Waals surface area contributed by atoms with Crippen LogP contribution in [0, 0.1) is 0 Å². The molecule has 0 saturated heterocycles. The number of hydrogen-bond acceptors (Lipinski definition) is 5. The highest BCUT2D eigenvalue weighted by Crippen LogP contribution is 2.43. The summed E-state index contributed by atoms with van der Waals surface area (Å²) in [6.45, 7) is 4.81. The quantitative estimate of drug-likeness (QED) is 0.0280. The number of aliphatic hydroxyl groups is 1. The predicted molar refractivity (Wildman–Crippen MR) is 189 cm³/mol. The molecule has 1 amide bonds. The molecular formula is C36H74N2O6P+. The number of unbranched alkanes of at least 4 members (excludes halogenated alkanes) is 18. The van der Waals surface area contributed by atoms with Gasteiger partial charge in [-0.15, -0.1) is 0 Å². The number of allylic oxidation sites excluding steroid dienone is 2. The fraction of sp³-hybridized carbons (Fsp3) is 0.917. The summed E-state index contributed by atoms with van der Waals surface area (Å²) in [5, 5.41) is 13.8. The molecule has 45 heavy (non-hydrogen) atoms. The first kappa shape index (κ1) is 44.2. The zero-order valence-corrected chi connectivity index (χ0v) is 31.0. The molecule has 268 valence electrons. The van der Waals surface area contributed by atoms with Gasteiger partial charge in [0.2, 0.25) is 5.91 Å². The van der Waals surface area contributed by atoms with E-state index in [0.717, 1.165) is 51.4 Å². The van der Waals surface area contributed by atoms with Gasteiger partial charge in [-0.3, -0.25) is 13.8 Å². The average molecular weight is 662 g/mol. The van der Waals surface area contributed by atoms with Crippen LogP contribution in [0.15, 0.2) is 12.2 Å². The summed E-state index contributed by atoms with van der Waals surface area (Å²) in [5.74, 6) is -0.158. The highest BCUT2D eigenvalue weighted by atomic mass is 31.2. The Labute approximate surface area is 278 Å². The number of phosphoric ester groups is 1. The highest BCUT2D eigenvalue weighted by molar-refractivity contribution is 7.47. The lowest BCUT2D eigenvalue weighted by molar-refractivity contribution is -0.870. The lowest BCUT2D eigenvalue weighted by Gasteiger charge is -2.26. The van der Waals surface area contributed by atoms with Crippen LogP contribution in [0.5, 0.6) is 0 Å². The van der Waals surface area contributed by atoms with E-state index in [0.29, 0.717) is 23.9 Å². The van der Waals surface area contributed by atoms with E-state index in [4.69, 9.17) is 9.05 Å². The van der Waals surface area contributed by atoms with Crippen LogP contribution in [0.3, 0.4) is 0 Å². The second-order valence-electron chi connectivity index (χ2n) is 14.0. The highest BCUT2D eigenvalue weighted by Gasteiger charge is 2.28. The van der Waals surface area contributed by atoms with E-state index in [1.807, 2.05) is 21.1 Å². The van der Waals surface area contributed by atoms with Crippen LogP contribution in [0.2, 0.25) is 0 Å². The normalized spacial score (nSPS) is 14.9. The molecule has 0 saturated carbocycles. The first-order chi connectivity index (χ1) is 21.5. The van der Waals surface area contributed by atoms with Crippen LogP contribution >= 0.6 is 7.82 Å². The van der Waals surface area contributed by atoms with Crippen LogP contribution < -0.4 is 5.32 Å². The second kappa shape index (κ2) is 29.4. The molecule has 0 aromatic heterocycles. The summed E-state index contributed by atoms with van der Waals surface area (Å²) >= 11 is 0. The van der Waals surface area contributed by atoms with Crippen molar-refractivity contribution in [3.05, 3.63) is 12.2 Å².